The number of aliphatic hydroxyl groups is 1. The molecule has 1 fully saturated rings. The van der Waals surface area contributed by atoms with Gasteiger partial charge in [-0.3, -0.25) is 9.59 Å². The Kier molecular flexibility index (Phi) is 22.6. The Morgan fingerprint density at radius 1 is 0.667 bits per heavy atom. The van der Waals surface area contributed by atoms with Gasteiger partial charge in [0.1, 0.15) is 19.3 Å². The summed E-state index contributed by atoms with van der Waals surface area (Å²) in [4.78, 5) is 23.6. The molecule has 0 saturated carbocycles. The summed E-state index contributed by atoms with van der Waals surface area (Å²) in [6, 6.07) is 0. The highest BCUT2D eigenvalue weighted by Gasteiger charge is 2.35. The Hall–Kier alpha value is -1.92. The molecule has 6 nitrogen and oxygen atoms in total. The molecular weight excluding hydrogens is 492 g/mol. The topological polar surface area (TPSA) is 85.4 Å². The maximum atomic E-state index is 11.9. The number of ether oxygens (including phenoxy) is 3. The summed E-state index contributed by atoms with van der Waals surface area (Å²) in [7, 11) is 0. The fraction of sp³-hybridized carbons (Fsp3) is 0.758. The zero-order chi connectivity index (χ0) is 28.4. The van der Waals surface area contributed by atoms with E-state index >= 15 is 0 Å². The van der Waals surface area contributed by atoms with E-state index < -0.39 is 6.10 Å². The maximum Gasteiger partial charge on any atom is 0.305 e. The number of allylic oxidation sites excluding steroid dienone is 4. The van der Waals surface area contributed by atoms with Crippen molar-refractivity contribution in [2.75, 3.05) is 13.2 Å². The van der Waals surface area contributed by atoms with E-state index in [2.05, 4.69) is 50.3 Å². The number of unbranched alkanes of at least 4 members (excludes halogenated alkanes) is 10. The van der Waals surface area contributed by atoms with Crippen LogP contribution in [0.3, 0.4) is 0 Å². The van der Waals surface area contributed by atoms with Gasteiger partial charge in [-0.2, -0.15) is 0 Å². The van der Waals surface area contributed by atoms with Crippen LogP contribution in [0, 0.1) is 0 Å². The molecule has 1 N–H and O–H groups in total. The van der Waals surface area contributed by atoms with E-state index in [1.165, 1.54) is 51.4 Å². The Balaban J connectivity index is 1.93. The van der Waals surface area contributed by atoms with E-state index in [1.54, 1.807) is 0 Å². The summed E-state index contributed by atoms with van der Waals surface area (Å²) in [5.74, 6) is -0.647. The Labute approximate surface area is 238 Å². The molecule has 0 aromatic carbocycles. The quantitative estimate of drug-likeness (QED) is 0.0511. The monoisotopic (exact) mass is 548 g/mol. The molecule has 0 spiro atoms. The van der Waals surface area contributed by atoms with Crippen molar-refractivity contribution in [3.8, 4) is 0 Å². The minimum atomic E-state index is -0.986. The fourth-order valence-corrected chi connectivity index (χ4v) is 4.23. The first-order valence-electron chi connectivity index (χ1n) is 15.7. The summed E-state index contributed by atoms with van der Waals surface area (Å²) in [5.41, 5.74) is 0. The Bertz CT molecular complexity index is 698. The number of carbonyl (C=O) groups is 2. The molecule has 0 aromatic rings. The minimum absolute atomic E-state index is 0.137. The van der Waals surface area contributed by atoms with Crippen molar-refractivity contribution in [3.05, 3.63) is 36.5 Å². The average molecular weight is 549 g/mol. The highest BCUT2D eigenvalue weighted by atomic mass is 16.6. The zero-order valence-corrected chi connectivity index (χ0v) is 24.8. The summed E-state index contributed by atoms with van der Waals surface area (Å²) >= 11 is 0. The lowest BCUT2D eigenvalue weighted by molar-refractivity contribution is -0.152. The van der Waals surface area contributed by atoms with Crippen molar-refractivity contribution in [3.63, 3.8) is 0 Å². The minimum Gasteiger partial charge on any atom is -0.463 e. The standard InChI is InChI=1S/C33H56O6/c1-3-5-7-9-11-12-14-15-19-23-30-31(39-30)24-20-17-18-22-26-33(36)38-28-29(34)27-37-32(35)25-21-16-13-10-8-6-4-2/h11-12,15,17,19-20,29-31,34H,3-10,13-14,16,18,21-28H2,1-2H3/b12-11-,19-15-,20-17-/t29-,30?,31?/m1/s1. The van der Waals surface area contributed by atoms with Crippen LogP contribution in [0.2, 0.25) is 0 Å². The molecule has 0 aliphatic carbocycles. The molecule has 6 heteroatoms. The molecule has 1 aliphatic rings. The summed E-state index contributed by atoms with van der Waals surface area (Å²) in [6.07, 6.45) is 30.9. The van der Waals surface area contributed by atoms with Gasteiger partial charge in [-0.25, -0.2) is 0 Å². The molecule has 1 rings (SSSR count). The van der Waals surface area contributed by atoms with Gasteiger partial charge in [-0.05, 0) is 51.4 Å². The van der Waals surface area contributed by atoms with Crippen LogP contribution in [0.15, 0.2) is 36.5 Å². The molecule has 224 valence electrons. The fourth-order valence-electron chi connectivity index (χ4n) is 4.23. The molecule has 0 aromatic heterocycles. The third kappa shape index (κ3) is 22.6. The molecule has 3 atom stereocenters. The highest BCUT2D eigenvalue weighted by molar-refractivity contribution is 5.69. The van der Waals surface area contributed by atoms with Crippen LogP contribution in [0.4, 0.5) is 0 Å². The second-order valence-corrected chi connectivity index (χ2v) is 10.6. The van der Waals surface area contributed by atoms with Crippen LogP contribution < -0.4 is 0 Å². The lowest BCUT2D eigenvalue weighted by Gasteiger charge is -2.12. The van der Waals surface area contributed by atoms with Crippen molar-refractivity contribution >= 4 is 11.9 Å². The largest absolute Gasteiger partial charge is 0.463 e. The van der Waals surface area contributed by atoms with E-state index in [-0.39, 0.29) is 25.2 Å². The number of rotatable bonds is 26. The van der Waals surface area contributed by atoms with Gasteiger partial charge in [0, 0.05) is 12.8 Å². The second kappa shape index (κ2) is 25.1. The number of hydrogen-bond donors (Lipinski definition) is 1. The van der Waals surface area contributed by atoms with Gasteiger partial charge in [-0.1, -0.05) is 102 Å². The third-order valence-corrected chi connectivity index (χ3v) is 6.78. The van der Waals surface area contributed by atoms with Crippen LogP contribution in [0.1, 0.15) is 129 Å². The summed E-state index contributed by atoms with van der Waals surface area (Å²) < 4.78 is 15.9. The Morgan fingerprint density at radius 3 is 1.82 bits per heavy atom. The maximum absolute atomic E-state index is 11.9. The third-order valence-electron chi connectivity index (χ3n) is 6.78. The molecule has 1 aliphatic heterocycles. The number of hydrogen-bond acceptors (Lipinski definition) is 6. The zero-order valence-electron chi connectivity index (χ0n) is 24.8. The van der Waals surface area contributed by atoms with Gasteiger partial charge in [-0.15, -0.1) is 0 Å². The van der Waals surface area contributed by atoms with Gasteiger partial charge in [0.15, 0.2) is 0 Å². The van der Waals surface area contributed by atoms with E-state index in [4.69, 9.17) is 14.2 Å². The van der Waals surface area contributed by atoms with E-state index in [0.29, 0.717) is 31.5 Å². The number of carbonyl (C=O) groups excluding carboxylic acids is 2. The first-order valence-corrected chi connectivity index (χ1v) is 15.7. The SMILES string of the molecule is CCCCC/C=C\C/C=C\CC1OC1C/C=C\CCCC(=O)OC[C@H](O)COC(=O)CCCCCCCCC. The van der Waals surface area contributed by atoms with Crippen LogP contribution >= 0.6 is 0 Å². The molecule has 0 radical (unpaired) electrons. The summed E-state index contributed by atoms with van der Waals surface area (Å²) in [6.45, 7) is 4.14. The smallest absolute Gasteiger partial charge is 0.305 e. The first-order chi connectivity index (χ1) is 19.1. The Morgan fingerprint density at radius 2 is 1.15 bits per heavy atom. The van der Waals surface area contributed by atoms with Crippen molar-refractivity contribution in [1.29, 1.82) is 0 Å². The van der Waals surface area contributed by atoms with Gasteiger partial charge < -0.3 is 19.3 Å². The molecule has 39 heavy (non-hydrogen) atoms. The van der Waals surface area contributed by atoms with E-state index in [9.17, 15) is 14.7 Å². The van der Waals surface area contributed by atoms with Gasteiger partial charge in [0.25, 0.3) is 0 Å². The normalized spacial score (nSPS) is 17.8. The van der Waals surface area contributed by atoms with E-state index in [1.807, 2.05) is 0 Å². The van der Waals surface area contributed by atoms with Crippen molar-refractivity contribution in [1.82, 2.24) is 0 Å². The van der Waals surface area contributed by atoms with Crippen LogP contribution in [-0.4, -0.2) is 48.6 Å². The van der Waals surface area contributed by atoms with Gasteiger partial charge in [0.05, 0.1) is 12.2 Å². The predicted molar refractivity (Wildman–Crippen MR) is 158 cm³/mol. The molecule has 2 unspecified atom stereocenters. The van der Waals surface area contributed by atoms with Crippen LogP contribution in [0.5, 0.6) is 0 Å². The summed E-state index contributed by atoms with van der Waals surface area (Å²) in [5, 5.41) is 9.90. The number of aliphatic hydroxyl groups excluding tert-OH is 1. The molecule has 1 heterocycles. The number of epoxide rings is 1. The second-order valence-electron chi connectivity index (χ2n) is 10.6. The molecule has 0 bridgehead atoms. The molecular formula is C33H56O6. The van der Waals surface area contributed by atoms with Gasteiger partial charge in [0.2, 0.25) is 0 Å². The lowest BCUT2D eigenvalue weighted by atomic mass is 10.1. The average Bonchev–Trinajstić information content (AvgIpc) is 3.69. The number of esters is 2. The van der Waals surface area contributed by atoms with Gasteiger partial charge >= 0.3 is 11.9 Å². The van der Waals surface area contributed by atoms with Crippen LogP contribution in [-0.2, 0) is 23.8 Å². The predicted octanol–water partition coefficient (Wildman–Crippen LogP) is 7.93. The first kappa shape index (κ1) is 35.1. The van der Waals surface area contributed by atoms with Crippen molar-refractivity contribution < 1.29 is 28.9 Å². The molecule has 1 saturated heterocycles. The lowest BCUT2D eigenvalue weighted by Crippen LogP contribution is -2.25. The van der Waals surface area contributed by atoms with Crippen LogP contribution in [0.25, 0.3) is 0 Å². The molecule has 0 amide bonds. The highest BCUT2D eigenvalue weighted by Crippen LogP contribution is 2.29. The van der Waals surface area contributed by atoms with E-state index in [0.717, 1.165) is 44.9 Å². The van der Waals surface area contributed by atoms with Crippen molar-refractivity contribution in [2.45, 2.75) is 148 Å². The van der Waals surface area contributed by atoms with Crippen molar-refractivity contribution in [2.24, 2.45) is 0 Å².